The number of ether oxygens (including phenoxy) is 1. The van der Waals surface area contributed by atoms with Crippen molar-refractivity contribution < 1.29 is 33.5 Å². The summed E-state index contributed by atoms with van der Waals surface area (Å²) in [7, 11) is 0. The SMILES string of the molecule is Cc1ccc(C)c(C(=O)COC(=O)[C@H](CCCCN2C(=O)[C@@H]3[C@@H](C2=O)[C@H]2C=C[C@H]3C2)N2C(=O)[C@@H]3[C@H](C2=O)[C@H]2C=C[C@H]3C2)c1. The standard InChI is InChI=1S/C34H36N2O7/c1-17-6-7-18(2)23(13-17)25(37)16-43-34(42)24(36-32(40)28-21-10-11-22(15-21)29(28)33(36)41)5-3-4-12-35-30(38)26-19-8-9-20(14-19)27(26)31(35)39/h6-11,13,19-22,24,26-29H,3-5,12,14-16H2,1-2H3/t19-,20-,21-,22-,24-,26-,27-,28-,29+/m0/s1. The van der Waals surface area contributed by atoms with Crippen LogP contribution < -0.4 is 0 Å². The molecule has 1 aromatic rings. The number of carbonyl (C=O) groups is 6. The number of allylic oxidation sites excluding steroid dienone is 4. The lowest BCUT2D eigenvalue weighted by molar-refractivity contribution is -0.159. The lowest BCUT2D eigenvalue weighted by Gasteiger charge is -2.26. The first-order chi connectivity index (χ1) is 20.7. The van der Waals surface area contributed by atoms with Crippen molar-refractivity contribution in [2.75, 3.05) is 13.2 Å². The van der Waals surface area contributed by atoms with Crippen molar-refractivity contribution in [2.24, 2.45) is 47.3 Å². The van der Waals surface area contributed by atoms with Crippen LogP contribution in [-0.2, 0) is 28.7 Å². The lowest BCUT2D eigenvalue weighted by Crippen LogP contribution is -2.47. The maximum absolute atomic E-state index is 13.6. The molecular weight excluding hydrogens is 548 g/mol. The molecular formula is C34H36N2O7. The van der Waals surface area contributed by atoms with Gasteiger partial charge in [0, 0.05) is 12.1 Å². The fourth-order valence-corrected chi connectivity index (χ4v) is 8.72. The molecule has 2 saturated carbocycles. The number of imide groups is 2. The van der Waals surface area contributed by atoms with Gasteiger partial charge in [-0.2, -0.15) is 0 Å². The van der Waals surface area contributed by atoms with E-state index in [0.717, 1.165) is 28.9 Å². The molecule has 4 fully saturated rings. The van der Waals surface area contributed by atoms with Crippen LogP contribution >= 0.6 is 0 Å². The van der Waals surface area contributed by atoms with Crippen molar-refractivity contribution in [1.82, 2.24) is 9.80 Å². The van der Waals surface area contributed by atoms with E-state index in [9.17, 15) is 28.8 Å². The van der Waals surface area contributed by atoms with E-state index >= 15 is 0 Å². The zero-order chi connectivity index (χ0) is 30.2. The Balaban J connectivity index is 1.03. The number of carbonyl (C=O) groups excluding carboxylic acids is 6. The van der Waals surface area contributed by atoms with Crippen LogP contribution in [0.25, 0.3) is 0 Å². The first kappa shape index (κ1) is 27.9. The predicted octanol–water partition coefficient (Wildman–Crippen LogP) is 3.18. The van der Waals surface area contributed by atoms with Crippen LogP contribution in [0, 0.1) is 61.2 Å². The molecule has 7 rings (SSSR count). The second kappa shape index (κ2) is 10.4. The molecule has 1 aromatic carbocycles. The molecule has 0 spiro atoms. The molecule has 2 saturated heterocycles. The molecule has 43 heavy (non-hydrogen) atoms. The van der Waals surface area contributed by atoms with E-state index in [2.05, 4.69) is 12.2 Å². The highest BCUT2D eigenvalue weighted by molar-refractivity contribution is 6.09. The highest BCUT2D eigenvalue weighted by atomic mass is 16.5. The Kier molecular flexibility index (Phi) is 6.74. The smallest absolute Gasteiger partial charge is 0.329 e. The average molecular weight is 585 g/mol. The number of hydrogen-bond donors (Lipinski definition) is 0. The van der Waals surface area contributed by atoms with E-state index in [-0.39, 0.29) is 77.9 Å². The van der Waals surface area contributed by atoms with Crippen LogP contribution in [0.2, 0.25) is 0 Å². The summed E-state index contributed by atoms with van der Waals surface area (Å²) in [4.78, 5) is 82.2. The Morgan fingerprint density at radius 1 is 0.791 bits per heavy atom. The second-order valence-corrected chi connectivity index (χ2v) is 13.2. The van der Waals surface area contributed by atoms with Gasteiger partial charge in [0.2, 0.25) is 29.4 Å². The summed E-state index contributed by atoms with van der Waals surface area (Å²) in [6.07, 6.45) is 10.7. The number of esters is 1. The third-order valence-corrected chi connectivity index (χ3v) is 10.8. The van der Waals surface area contributed by atoms with Gasteiger partial charge in [-0.3, -0.25) is 33.8 Å². The van der Waals surface area contributed by atoms with Gasteiger partial charge in [0.05, 0.1) is 23.7 Å². The summed E-state index contributed by atoms with van der Waals surface area (Å²) in [6, 6.07) is 4.31. The van der Waals surface area contributed by atoms with Gasteiger partial charge in [-0.05, 0) is 81.3 Å². The topological polar surface area (TPSA) is 118 Å². The van der Waals surface area contributed by atoms with Gasteiger partial charge in [0.25, 0.3) is 0 Å². The van der Waals surface area contributed by atoms with Gasteiger partial charge in [-0.1, -0.05) is 42.0 Å². The third-order valence-electron chi connectivity index (χ3n) is 10.8. The summed E-state index contributed by atoms with van der Waals surface area (Å²) in [6.45, 7) is 3.42. The second-order valence-electron chi connectivity index (χ2n) is 13.2. The molecule has 2 aliphatic heterocycles. The number of benzene rings is 1. The minimum Gasteiger partial charge on any atom is -0.456 e. The van der Waals surface area contributed by atoms with Crippen molar-refractivity contribution in [3.63, 3.8) is 0 Å². The number of aryl methyl sites for hydroxylation is 2. The maximum atomic E-state index is 13.6. The molecule has 4 aliphatic carbocycles. The summed E-state index contributed by atoms with van der Waals surface area (Å²) in [5, 5.41) is 0. The monoisotopic (exact) mass is 584 g/mol. The number of nitrogens with zero attached hydrogens (tertiary/aromatic N) is 2. The predicted molar refractivity (Wildman–Crippen MR) is 153 cm³/mol. The number of unbranched alkanes of at least 4 members (excludes halogenated alkanes) is 1. The number of likely N-dealkylation sites (tertiary alicyclic amines) is 2. The van der Waals surface area contributed by atoms with Gasteiger partial charge >= 0.3 is 5.97 Å². The van der Waals surface area contributed by atoms with Gasteiger partial charge in [0.15, 0.2) is 6.61 Å². The van der Waals surface area contributed by atoms with E-state index in [1.807, 2.05) is 38.1 Å². The largest absolute Gasteiger partial charge is 0.456 e. The van der Waals surface area contributed by atoms with Crippen molar-refractivity contribution in [1.29, 1.82) is 0 Å². The molecule has 4 bridgehead atoms. The third kappa shape index (κ3) is 4.33. The Morgan fingerprint density at radius 2 is 1.33 bits per heavy atom. The van der Waals surface area contributed by atoms with Crippen molar-refractivity contribution in [3.05, 3.63) is 59.2 Å². The van der Waals surface area contributed by atoms with E-state index in [4.69, 9.17) is 4.74 Å². The summed E-state index contributed by atoms with van der Waals surface area (Å²) >= 11 is 0. The summed E-state index contributed by atoms with van der Waals surface area (Å²) < 4.78 is 5.49. The van der Waals surface area contributed by atoms with Crippen molar-refractivity contribution >= 4 is 35.4 Å². The van der Waals surface area contributed by atoms with Gasteiger partial charge in [-0.25, -0.2) is 4.79 Å². The van der Waals surface area contributed by atoms with Crippen LogP contribution in [-0.4, -0.2) is 64.4 Å². The molecule has 2 heterocycles. The molecule has 0 radical (unpaired) electrons. The molecule has 4 amide bonds. The molecule has 0 aromatic heterocycles. The van der Waals surface area contributed by atoms with Crippen LogP contribution in [0.1, 0.15) is 53.6 Å². The van der Waals surface area contributed by atoms with E-state index in [0.29, 0.717) is 18.4 Å². The quantitative estimate of drug-likeness (QED) is 0.136. The number of amides is 4. The Bertz CT molecular complexity index is 1450. The number of Topliss-reactive ketones (excluding diaryl/α,β-unsaturated/α-hetero) is 1. The lowest BCUT2D eigenvalue weighted by atomic mass is 9.85. The van der Waals surface area contributed by atoms with E-state index in [1.165, 1.54) is 4.90 Å². The first-order valence-corrected chi connectivity index (χ1v) is 15.5. The fourth-order valence-electron chi connectivity index (χ4n) is 8.72. The summed E-state index contributed by atoms with van der Waals surface area (Å²) in [5.41, 5.74) is 2.13. The first-order valence-electron chi connectivity index (χ1n) is 15.5. The Labute approximate surface area is 250 Å². The number of rotatable bonds is 10. The molecule has 6 aliphatic rings. The van der Waals surface area contributed by atoms with Crippen LogP contribution in [0.5, 0.6) is 0 Å². The zero-order valence-electron chi connectivity index (χ0n) is 24.4. The van der Waals surface area contributed by atoms with Gasteiger partial charge in [0.1, 0.15) is 6.04 Å². The molecule has 0 N–H and O–H groups in total. The highest BCUT2D eigenvalue weighted by Gasteiger charge is 2.61. The zero-order valence-corrected chi connectivity index (χ0v) is 24.4. The van der Waals surface area contributed by atoms with Crippen LogP contribution in [0.4, 0.5) is 0 Å². The van der Waals surface area contributed by atoms with Gasteiger partial charge < -0.3 is 4.74 Å². The highest BCUT2D eigenvalue weighted by Crippen LogP contribution is 2.54. The van der Waals surface area contributed by atoms with Crippen LogP contribution in [0.15, 0.2) is 42.5 Å². The fraction of sp³-hybridized carbons (Fsp3) is 0.529. The molecule has 0 unspecified atom stereocenters. The van der Waals surface area contributed by atoms with Crippen LogP contribution in [0.3, 0.4) is 0 Å². The molecule has 9 heteroatoms. The van der Waals surface area contributed by atoms with E-state index in [1.54, 1.807) is 6.07 Å². The Morgan fingerprint density at radius 3 is 1.88 bits per heavy atom. The normalized spacial score (nSPS) is 33.6. The number of hydrogen-bond acceptors (Lipinski definition) is 7. The molecule has 9 atom stereocenters. The minimum atomic E-state index is -1.17. The van der Waals surface area contributed by atoms with Crippen molar-refractivity contribution in [3.8, 4) is 0 Å². The Hall–Kier alpha value is -3.88. The van der Waals surface area contributed by atoms with Gasteiger partial charge in [-0.15, -0.1) is 0 Å². The minimum absolute atomic E-state index is 0.00424. The number of fused-ring (bicyclic) bond motifs is 10. The van der Waals surface area contributed by atoms with E-state index < -0.39 is 30.5 Å². The maximum Gasteiger partial charge on any atom is 0.329 e. The average Bonchev–Trinajstić information content (AvgIpc) is 3.84. The molecule has 9 nitrogen and oxygen atoms in total. The molecule has 224 valence electrons. The summed E-state index contributed by atoms with van der Waals surface area (Å²) in [5.74, 6) is -3.26. The number of ketones is 1. The van der Waals surface area contributed by atoms with Crippen molar-refractivity contribution in [2.45, 2.75) is 52.0 Å².